The fraction of sp³-hybridized carbons (Fsp3) is 0.882. The molecule has 0 bridgehead atoms. The van der Waals surface area contributed by atoms with Crippen LogP contribution in [0.4, 0.5) is 4.79 Å². The van der Waals surface area contributed by atoms with Crippen LogP contribution in [0.3, 0.4) is 0 Å². The fourth-order valence-corrected chi connectivity index (χ4v) is 4.02. The first-order chi connectivity index (χ1) is 11.2. The summed E-state index contributed by atoms with van der Waals surface area (Å²) in [5.41, 5.74) is 0. The lowest BCUT2D eigenvalue weighted by Crippen LogP contribution is -2.51. The summed E-state index contributed by atoms with van der Waals surface area (Å²) in [7, 11) is 0. The standard InChI is InChI=1S/C17H30N4O2.ClH/c22-16(20-11-4-8-18-9-12-20)14-5-3-10-21(13-14)17(23)19-15-6-1-2-7-15;/h14-15,18H,1-13H2,(H,19,23);1H. The Labute approximate surface area is 151 Å². The number of hydrogen-bond donors (Lipinski definition) is 2. The topological polar surface area (TPSA) is 64.7 Å². The Morgan fingerprint density at radius 3 is 2.42 bits per heavy atom. The molecule has 2 N–H and O–H groups in total. The summed E-state index contributed by atoms with van der Waals surface area (Å²) in [5, 5.41) is 6.48. The van der Waals surface area contributed by atoms with Gasteiger partial charge >= 0.3 is 6.03 Å². The van der Waals surface area contributed by atoms with Crippen molar-refractivity contribution in [3.63, 3.8) is 0 Å². The maximum Gasteiger partial charge on any atom is 0.317 e. The first kappa shape index (κ1) is 19.3. The van der Waals surface area contributed by atoms with Crippen molar-refractivity contribution in [2.24, 2.45) is 5.92 Å². The van der Waals surface area contributed by atoms with Gasteiger partial charge in [0.2, 0.25) is 5.91 Å². The number of amides is 3. The van der Waals surface area contributed by atoms with Gasteiger partial charge < -0.3 is 20.4 Å². The molecule has 7 heteroatoms. The highest BCUT2D eigenvalue weighted by Crippen LogP contribution is 2.21. The zero-order chi connectivity index (χ0) is 16.1. The normalized spacial score (nSPS) is 25.8. The molecule has 0 aromatic heterocycles. The maximum absolute atomic E-state index is 12.8. The summed E-state index contributed by atoms with van der Waals surface area (Å²) in [4.78, 5) is 29.0. The minimum absolute atomic E-state index is 0. The molecule has 2 saturated heterocycles. The van der Waals surface area contributed by atoms with Crippen molar-refractivity contribution in [1.82, 2.24) is 20.4 Å². The quantitative estimate of drug-likeness (QED) is 0.788. The molecule has 138 valence electrons. The van der Waals surface area contributed by atoms with E-state index in [-0.39, 0.29) is 30.3 Å². The van der Waals surface area contributed by atoms with Crippen LogP contribution in [0, 0.1) is 5.92 Å². The average Bonchev–Trinajstić information content (AvgIpc) is 2.94. The predicted octanol–water partition coefficient (Wildman–Crippen LogP) is 1.59. The molecule has 3 rings (SSSR count). The van der Waals surface area contributed by atoms with Crippen molar-refractivity contribution in [3.8, 4) is 0 Å². The second kappa shape index (κ2) is 9.47. The fourth-order valence-electron chi connectivity index (χ4n) is 4.02. The van der Waals surface area contributed by atoms with Crippen LogP contribution in [0.1, 0.15) is 44.9 Å². The molecule has 6 nitrogen and oxygen atoms in total. The van der Waals surface area contributed by atoms with Crippen molar-refractivity contribution in [2.75, 3.05) is 39.3 Å². The molecule has 2 heterocycles. The summed E-state index contributed by atoms with van der Waals surface area (Å²) in [6.45, 7) is 4.88. The van der Waals surface area contributed by atoms with E-state index in [1.165, 1.54) is 12.8 Å². The van der Waals surface area contributed by atoms with E-state index in [9.17, 15) is 9.59 Å². The zero-order valence-corrected chi connectivity index (χ0v) is 15.3. The third kappa shape index (κ3) is 4.99. The highest BCUT2D eigenvalue weighted by molar-refractivity contribution is 5.85. The molecule has 3 fully saturated rings. The number of halogens is 1. The highest BCUT2D eigenvalue weighted by Gasteiger charge is 2.32. The summed E-state index contributed by atoms with van der Waals surface area (Å²) >= 11 is 0. The molecule has 1 aliphatic carbocycles. The van der Waals surface area contributed by atoms with Gasteiger partial charge in [-0.05, 0) is 38.6 Å². The van der Waals surface area contributed by atoms with Gasteiger partial charge in [0.05, 0.1) is 5.92 Å². The molecular formula is C17H31ClN4O2. The van der Waals surface area contributed by atoms with Crippen LogP contribution in [0.2, 0.25) is 0 Å². The molecule has 1 unspecified atom stereocenters. The zero-order valence-electron chi connectivity index (χ0n) is 14.5. The van der Waals surface area contributed by atoms with Gasteiger partial charge in [0, 0.05) is 38.8 Å². The van der Waals surface area contributed by atoms with E-state index < -0.39 is 0 Å². The molecule has 0 aromatic rings. The van der Waals surface area contributed by atoms with Crippen molar-refractivity contribution in [2.45, 2.75) is 51.0 Å². The Morgan fingerprint density at radius 2 is 1.62 bits per heavy atom. The van der Waals surface area contributed by atoms with Gasteiger partial charge in [-0.25, -0.2) is 4.79 Å². The third-order valence-corrected chi connectivity index (χ3v) is 5.39. The Kier molecular flexibility index (Phi) is 7.62. The molecule has 0 spiro atoms. The van der Waals surface area contributed by atoms with Crippen molar-refractivity contribution in [3.05, 3.63) is 0 Å². The first-order valence-corrected chi connectivity index (χ1v) is 9.29. The number of nitrogens with one attached hydrogen (secondary N) is 2. The molecular weight excluding hydrogens is 328 g/mol. The van der Waals surface area contributed by atoms with Crippen molar-refractivity contribution >= 4 is 24.3 Å². The van der Waals surface area contributed by atoms with Gasteiger partial charge in [0.25, 0.3) is 0 Å². The highest BCUT2D eigenvalue weighted by atomic mass is 35.5. The van der Waals surface area contributed by atoms with Gasteiger partial charge in [-0.2, -0.15) is 0 Å². The summed E-state index contributed by atoms with van der Waals surface area (Å²) in [6, 6.07) is 0.377. The number of hydrogen-bond acceptors (Lipinski definition) is 3. The van der Waals surface area contributed by atoms with Crippen molar-refractivity contribution < 1.29 is 9.59 Å². The van der Waals surface area contributed by atoms with E-state index in [0.29, 0.717) is 12.6 Å². The smallest absolute Gasteiger partial charge is 0.317 e. The van der Waals surface area contributed by atoms with E-state index in [1.54, 1.807) is 0 Å². The lowest BCUT2D eigenvalue weighted by molar-refractivity contribution is -0.136. The van der Waals surface area contributed by atoms with E-state index in [1.807, 2.05) is 9.80 Å². The van der Waals surface area contributed by atoms with Crippen LogP contribution in [0.5, 0.6) is 0 Å². The number of carbonyl (C=O) groups excluding carboxylic acids is 2. The summed E-state index contributed by atoms with van der Waals surface area (Å²) in [6.07, 6.45) is 7.50. The van der Waals surface area contributed by atoms with E-state index >= 15 is 0 Å². The monoisotopic (exact) mass is 358 g/mol. The van der Waals surface area contributed by atoms with Gasteiger partial charge in [0.15, 0.2) is 0 Å². The molecule has 3 amide bonds. The lowest BCUT2D eigenvalue weighted by atomic mass is 9.96. The second-order valence-corrected chi connectivity index (χ2v) is 7.14. The number of carbonyl (C=O) groups is 2. The largest absolute Gasteiger partial charge is 0.341 e. The first-order valence-electron chi connectivity index (χ1n) is 9.29. The Bertz CT molecular complexity index is 421. The van der Waals surface area contributed by atoms with Crippen LogP contribution in [-0.4, -0.2) is 67.0 Å². The van der Waals surface area contributed by atoms with Gasteiger partial charge in [-0.3, -0.25) is 4.79 Å². The van der Waals surface area contributed by atoms with Gasteiger partial charge in [-0.15, -0.1) is 12.4 Å². The van der Waals surface area contributed by atoms with Crippen LogP contribution >= 0.6 is 12.4 Å². The molecule has 0 radical (unpaired) electrons. The predicted molar refractivity (Wildman–Crippen MR) is 96.4 cm³/mol. The van der Waals surface area contributed by atoms with Crippen molar-refractivity contribution in [1.29, 1.82) is 0 Å². The Balaban J connectivity index is 0.00000208. The Morgan fingerprint density at radius 1 is 0.875 bits per heavy atom. The van der Waals surface area contributed by atoms with E-state index in [0.717, 1.165) is 64.8 Å². The van der Waals surface area contributed by atoms with E-state index in [2.05, 4.69) is 10.6 Å². The summed E-state index contributed by atoms with van der Waals surface area (Å²) < 4.78 is 0. The average molecular weight is 359 g/mol. The number of nitrogens with zero attached hydrogens (tertiary/aromatic N) is 2. The van der Waals surface area contributed by atoms with Crippen LogP contribution in [-0.2, 0) is 4.79 Å². The molecule has 1 saturated carbocycles. The van der Waals surface area contributed by atoms with Gasteiger partial charge in [-0.1, -0.05) is 12.8 Å². The number of urea groups is 1. The molecule has 0 aromatic carbocycles. The number of likely N-dealkylation sites (tertiary alicyclic amines) is 1. The molecule has 24 heavy (non-hydrogen) atoms. The minimum atomic E-state index is -0.0174. The van der Waals surface area contributed by atoms with E-state index in [4.69, 9.17) is 0 Å². The van der Waals surface area contributed by atoms with Crippen LogP contribution in [0.25, 0.3) is 0 Å². The Hall–Kier alpha value is -1.01. The molecule has 1 atom stereocenters. The lowest BCUT2D eigenvalue weighted by Gasteiger charge is -2.35. The van der Waals surface area contributed by atoms with Crippen LogP contribution in [0.15, 0.2) is 0 Å². The third-order valence-electron chi connectivity index (χ3n) is 5.39. The summed E-state index contributed by atoms with van der Waals surface area (Å²) in [5.74, 6) is 0.225. The molecule has 3 aliphatic rings. The number of rotatable bonds is 2. The molecule has 2 aliphatic heterocycles. The SMILES string of the molecule is Cl.O=C(NC1CCCC1)N1CCCC(C(=O)N2CCCNCC2)C1. The van der Waals surface area contributed by atoms with Crippen LogP contribution < -0.4 is 10.6 Å². The second-order valence-electron chi connectivity index (χ2n) is 7.14. The minimum Gasteiger partial charge on any atom is -0.341 e. The number of piperidine rings is 1. The maximum atomic E-state index is 12.8. The van der Waals surface area contributed by atoms with Gasteiger partial charge in [0.1, 0.15) is 0 Å².